The smallest absolute Gasteiger partial charge is 0.340 e. The molecule has 0 spiro atoms. The van der Waals surface area contributed by atoms with Crippen molar-refractivity contribution in [2.75, 3.05) is 17.8 Å². The Bertz CT molecular complexity index is 1060. The van der Waals surface area contributed by atoms with E-state index in [4.69, 9.17) is 30.6 Å². The van der Waals surface area contributed by atoms with Gasteiger partial charge in [-0.3, -0.25) is 9.13 Å². The van der Waals surface area contributed by atoms with Crippen LogP contribution in [0, 0.1) is 6.92 Å². The highest BCUT2D eigenvalue weighted by Crippen LogP contribution is 2.55. The van der Waals surface area contributed by atoms with Gasteiger partial charge in [0.05, 0.1) is 12.3 Å². The second-order valence-corrected chi connectivity index (χ2v) is 13.0. The summed E-state index contributed by atoms with van der Waals surface area (Å²) in [5.74, 6) is -0.800. The van der Waals surface area contributed by atoms with Crippen LogP contribution < -0.4 is 5.32 Å². The predicted octanol–water partition coefficient (Wildman–Crippen LogP) is 2.19. The standard InChI is InChI=1S/C20H30ClN3O9P2/c1-11(7-8-14-12(2)22-20(21)24-19(14)23-13-5-3-4-6-13)18-17(26)16(25)15(33-18)9-32-35(30,31)10-34(27,28)29/h7-8,13,15-18,25-26H,1,3-6,9-10H2,2H3,(H,30,31)(H,22,23,24)(H2,27,28,29)/b8-7-/t15-,16-,17-,18+/m1/s1. The number of rotatable bonds is 10. The van der Waals surface area contributed by atoms with Gasteiger partial charge < -0.3 is 39.5 Å². The zero-order valence-electron chi connectivity index (χ0n) is 19.0. The van der Waals surface area contributed by atoms with Gasteiger partial charge in [0.15, 0.2) is 5.90 Å². The number of aliphatic hydroxyl groups is 2. The summed E-state index contributed by atoms with van der Waals surface area (Å²) >= 11 is 6.04. The van der Waals surface area contributed by atoms with Crippen molar-refractivity contribution in [2.45, 2.75) is 63.1 Å². The van der Waals surface area contributed by atoms with Crippen LogP contribution in [0.5, 0.6) is 0 Å². The summed E-state index contributed by atoms with van der Waals surface area (Å²) in [6, 6.07) is 0.277. The third-order valence-corrected chi connectivity index (χ3v) is 9.43. The summed E-state index contributed by atoms with van der Waals surface area (Å²) in [4.78, 5) is 35.9. The summed E-state index contributed by atoms with van der Waals surface area (Å²) in [6.45, 7) is 5.00. The molecule has 15 heteroatoms. The predicted molar refractivity (Wildman–Crippen MR) is 129 cm³/mol. The average molecular weight is 554 g/mol. The van der Waals surface area contributed by atoms with Gasteiger partial charge in [-0.15, -0.1) is 0 Å². The van der Waals surface area contributed by atoms with Crippen molar-refractivity contribution in [3.8, 4) is 0 Å². The summed E-state index contributed by atoms with van der Waals surface area (Å²) in [6.07, 6.45) is 2.39. The highest BCUT2D eigenvalue weighted by molar-refractivity contribution is 7.70. The Labute approximate surface area is 207 Å². The van der Waals surface area contributed by atoms with Crippen LogP contribution >= 0.6 is 26.8 Å². The lowest BCUT2D eigenvalue weighted by molar-refractivity contribution is -0.00895. The minimum absolute atomic E-state index is 0.111. The molecule has 35 heavy (non-hydrogen) atoms. The first-order chi connectivity index (χ1) is 16.3. The number of aromatic nitrogens is 2. The van der Waals surface area contributed by atoms with Crippen molar-refractivity contribution < 1.29 is 43.3 Å². The number of nitrogens with zero attached hydrogens (tertiary/aromatic N) is 2. The van der Waals surface area contributed by atoms with Gasteiger partial charge in [0.2, 0.25) is 5.28 Å². The minimum atomic E-state index is -4.80. The van der Waals surface area contributed by atoms with Crippen LogP contribution in [-0.2, 0) is 18.4 Å². The molecule has 2 heterocycles. The van der Waals surface area contributed by atoms with Gasteiger partial charge in [-0.2, -0.15) is 0 Å². The van der Waals surface area contributed by atoms with Gasteiger partial charge in [-0.1, -0.05) is 25.5 Å². The largest absolute Gasteiger partial charge is 0.387 e. The Morgan fingerprint density at radius 1 is 1.23 bits per heavy atom. The highest BCUT2D eigenvalue weighted by Gasteiger charge is 2.44. The van der Waals surface area contributed by atoms with Gasteiger partial charge >= 0.3 is 15.2 Å². The van der Waals surface area contributed by atoms with Gasteiger partial charge in [0, 0.05) is 11.6 Å². The minimum Gasteiger partial charge on any atom is -0.387 e. The van der Waals surface area contributed by atoms with Crippen molar-refractivity contribution in [2.24, 2.45) is 0 Å². The van der Waals surface area contributed by atoms with Crippen LogP contribution in [0.3, 0.4) is 0 Å². The fourth-order valence-corrected chi connectivity index (χ4v) is 6.84. The van der Waals surface area contributed by atoms with E-state index >= 15 is 0 Å². The van der Waals surface area contributed by atoms with E-state index in [1.165, 1.54) is 0 Å². The molecule has 2 fully saturated rings. The maximum atomic E-state index is 11.8. The second kappa shape index (κ2) is 11.5. The third-order valence-electron chi connectivity index (χ3n) is 5.80. The first-order valence-electron chi connectivity index (χ1n) is 11.0. The summed E-state index contributed by atoms with van der Waals surface area (Å²) < 4.78 is 33.1. The molecule has 1 aliphatic carbocycles. The molecule has 1 saturated carbocycles. The molecule has 2 aliphatic rings. The highest BCUT2D eigenvalue weighted by atomic mass is 35.5. The maximum Gasteiger partial charge on any atom is 0.340 e. The zero-order chi connectivity index (χ0) is 26.0. The molecule has 1 aromatic rings. The van der Waals surface area contributed by atoms with Gasteiger partial charge in [-0.25, -0.2) is 9.97 Å². The first kappa shape index (κ1) is 28.4. The topological polar surface area (TPSA) is 192 Å². The average Bonchev–Trinajstić information content (AvgIpc) is 3.32. The molecule has 0 bridgehead atoms. The molecule has 6 N–H and O–H groups in total. The fraction of sp³-hybridized carbons (Fsp3) is 0.600. The Morgan fingerprint density at radius 2 is 1.89 bits per heavy atom. The molecule has 3 rings (SSSR count). The quantitative estimate of drug-likeness (QED) is 0.141. The molecule has 0 aromatic carbocycles. The molecule has 1 unspecified atom stereocenters. The Balaban J connectivity index is 1.68. The second-order valence-electron chi connectivity index (χ2n) is 8.69. The first-order valence-corrected chi connectivity index (χ1v) is 14.9. The lowest BCUT2D eigenvalue weighted by Gasteiger charge is -2.18. The Morgan fingerprint density at radius 3 is 2.51 bits per heavy atom. The van der Waals surface area contributed by atoms with E-state index in [1.807, 2.05) is 0 Å². The Hall–Kier alpha value is -1.17. The van der Waals surface area contributed by atoms with Crippen molar-refractivity contribution in [3.63, 3.8) is 0 Å². The van der Waals surface area contributed by atoms with Crippen molar-refractivity contribution in [3.05, 3.63) is 34.8 Å². The van der Waals surface area contributed by atoms with E-state index in [-0.39, 0.29) is 11.3 Å². The van der Waals surface area contributed by atoms with E-state index in [1.54, 1.807) is 19.1 Å². The number of halogens is 1. The van der Waals surface area contributed by atoms with Crippen LogP contribution in [0.1, 0.15) is 36.9 Å². The molecule has 5 atom stereocenters. The molecule has 1 aromatic heterocycles. The Kier molecular flexibility index (Phi) is 9.31. The zero-order valence-corrected chi connectivity index (χ0v) is 21.6. The monoisotopic (exact) mass is 553 g/mol. The van der Waals surface area contributed by atoms with E-state index in [9.17, 15) is 24.2 Å². The van der Waals surface area contributed by atoms with Gasteiger partial charge in [-0.05, 0) is 43.0 Å². The maximum absolute atomic E-state index is 11.8. The summed E-state index contributed by atoms with van der Waals surface area (Å²) in [5, 5.41) is 24.2. The number of nitrogens with one attached hydrogen (secondary N) is 1. The van der Waals surface area contributed by atoms with E-state index < -0.39 is 52.1 Å². The fourth-order valence-electron chi connectivity index (χ4n) is 4.06. The van der Waals surface area contributed by atoms with E-state index in [2.05, 4.69) is 21.9 Å². The van der Waals surface area contributed by atoms with Gasteiger partial charge in [0.25, 0.3) is 0 Å². The van der Waals surface area contributed by atoms with Crippen molar-refractivity contribution >= 4 is 38.7 Å². The molecule has 12 nitrogen and oxygen atoms in total. The number of hydrogen-bond donors (Lipinski definition) is 6. The van der Waals surface area contributed by atoms with E-state index in [0.717, 1.165) is 25.7 Å². The molecule has 0 radical (unpaired) electrons. The van der Waals surface area contributed by atoms with Crippen LogP contribution in [0.4, 0.5) is 5.82 Å². The third kappa shape index (κ3) is 7.90. The van der Waals surface area contributed by atoms with E-state index in [0.29, 0.717) is 22.6 Å². The van der Waals surface area contributed by atoms with Crippen LogP contribution in [-0.4, -0.2) is 77.8 Å². The van der Waals surface area contributed by atoms with Crippen LogP contribution in [0.15, 0.2) is 18.2 Å². The van der Waals surface area contributed by atoms with Crippen LogP contribution in [0.2, 0.25) is 5.28 Å². The molecule has 0 amide bonds. The van der Waals surface area contributed by atoms with Crippen molar-refractivity contribution in [1.82, 2.24) is 9.97 Å². The van der Waals surface area contributed by atoms with Crippen molar-refractivity contribution in [1.29, 1.82) is 0 Å². The lowest BCUT2D eigenvalue weighted by atomic mass is 10.0. The molecular formula is C20H30ClN3O9P2. The lowest BCUT2D eigenvalue weighted by Crippen LogP contribution is -2.34. The number of aliphatic hydroxyl groups excluding tert-OH is 2. The normalized spacial score (nSPS) is 27.4. The summed E-state index contributed by atoms with van der Waals surface area (Å²) in [5.41, 5.74) is 1.59. The number of ether oxygens (including phenoxy) is 1. The summed E-state index contributed by atoms with van der Waals surface area (Å²) in [7, 11) is -9.44. The molecule has 1 aliphatic heterocycles. The molecule has 1 saturated heterocycles. The number of anilines is 1. The SMILES string of the molecule is C=C(/C=C\c1c(C)nc(Cl)nc1NC1CCCC1)[C@@H]1O[C@H](COP(=O)(O)CP(=O)(O)O)[C@@H](O)[C@H]1O. The molecule has 196 valence electrons. The van der Waals surface area contributed by atoms with Crippen LogP contribution in [0.25, 0.3) is 6.08 Å². The van der Waals surface area contributed by atoms with Gasteiger partial charge in [0.1, 0.15) is 30.2 Å². The number of aryl methyl sites for hydroxylation is 1. The number of hydrogen-bond acceptors (Lipinski definition) is 9. The molecular weight excluding hydrogens is 524 g/mol.